The number of nitrogens with one attached hydrogen (secondary N) is 1. The Hall–Kier alpha value is -3.15. The van der Waals surface area contributed by atoms with Crippen molar-refractivity contribution in [3.8, 4) is 0 Å². The summed E-state index contributed by atoms with van der Waals surface area (Å²) in [5.74, 6) is -0.190. The van der Waals surface area contributed by atoms with Crippen LogP contribution in [-0.4, -0.2) is 87.5 Å². The van der Waals surface area contributed by atoms with Gasteiger partial charge in [0.2, 0.25) is 5.91 Å². The molecule has 0 spiro atoms. The van der Waals surface area contributed by atoms with Gasteiger partial charge in [0.25, 0.3) is 0 Å². The van der Waals surface area contributed by atoms with Crippen molar-refractivity contribution in [1.29, 1.82) is 0 Å². The fourth-order valence-electron chi connectivity index (χ4n) is 6.27. The van der Waals surface area contributed by atoms with Gasteiger partial charge in [-0.05, 0) is 83.5 Å². The van der Waals surface area contributed by atoms with E-state index in [-0.39, 0.29) is 12.5 Å². The predicted octanol–water partition coefficient (Wildman–Crippen LogP) is 9.50. The molecule has 0 aromatic heterocycles. The van der Waals surface area contributed by atoms with E-state index < -0.39 is 49.5 Å². The quantitative estimate of drug-likeness (QED) is 0.0274. The molecule has 9 heteroatoms. The van der Waals surface area contributed by atoms with Gasteiger partial charge in [-0.2, -0.15) is 0 Å². The molecule has 7 atom stereocenters. The van der Waals surface area contributed by atoms with Crippen molar-refractivity contribution in [2.45, 2.75) is 185 Å². The number of carbonyl (C=O) groups excluding carboxylic acids is 1. The van der Waals surface area contributed by atoms with Crippen LogP contribution >= 0.6 is 0 Å². The third-order valence-corrected chi connectivity index (χ3v) is 9.89. The zero-order valence-corrected chi connectivity index (χ0v) is 36.5. The SMILES string of the molecule is CC/C=C\C/C=C\C/C=C\C/C=C\C/C=C\C/C=C\C/C=C\C/C=C\C/C=C\CCCCCC(=O)NC(COC1OC(CO)C(O)C(O)C1O)C(O)CCCCCCC. The standard InChI is InChI=1S/C50H81NO8/c1-3-5-7-9-10-11-12-13-14-15-16-17-18-19-20-21-22-23-24-25-26-27-28-29-30-31-32-33-34-36-38-40-46(54)51-43(44(53)39-37-35-8-6-4-2)42-58-50-49(57)48(56)47(55)45(41-52)59-50/h5,7,10-11,13-14,16-17,19-20,22-23,25-26,28-29,31-32,43-45,47-50,52-53,55-57H,3-4,6,8-9,12,15,18,21,24,27,30,33-42H2,1-2H3,(H,51,54)/b7-5-,11-10-,14-13-,17-16-,20-19-,23-22-,26-25-,29-28-,32-31-. The average molecular weight is 824 g/mol. The van der Waals surface area contributed by atoms with E-state index in [4.69, 9.17) is 9.47 Å². The maximum Gasteiger partial charge on any atom is 0.220 e. The fourth-order valence-corrected chi connectivity index (χ4v) is 6.27. The summed E-state index contributed by atoms with van der Waals surface area (Å²) < 4.78 is 11.1. The van der Waals surface area contributed by atoms with Crippen LogP contribution in [0.1, 0.15) is 142 Å². The highest BCUT2D eigenvalue weighted by atomic mass is 16.7. The highest BCUT2D eigenvalue weighted by Gasteiger charge is 2.44. The molecule has 0 saturated carbocycles. The van der Waals surface area contributed by atoms with Gasteiger partial charge in [-0.25, -0.2) is 0 Å². The summed E-state index contributed by atoms with van der Waals surface area (Å²) in [5.41, 5.74) is 0. The molecule has 334 valence electrons. The minimum atomic E-state index is -1.56. The van der Waals surface area contributed by atoms with Gasteiger partial charge in [0.15, 0.2) is 6.29 Å². The molecule has 0 bridgehead atoms. The Labute approximate surface area is 357 Å². The fraction of sp³-hybridized carbons (Fsp3) is 0.620. The van der Waals surface area contributed by atoms with Gasteiger partial charge in [-0.1, -0.05) is 162 Å². The number of aliphatic hydroxyl groups is 5. The molecule has 7 unspecified atom stereocenters. The van der Waals surface area contributed by atoms with Gasteiger partial charge in [-0.15, -0.1) is 0 Å². The number of unbranched alkanes of at least 4 members (excludes halogenated alkanes) is 7. The monoisotopic (exact) mass is 824 g/mol. The van der Waals surface area contributed by atoms with E-state index in [0.717, 1.165) is 116 Å². The van der Waals surface area contributed by atoms with Crippen LogP contribution in [0.2, 0.25) is 0 Å². The first-order valence-electron chi connectivity index (χ1n) is 22.6. The molecule has 1 saturated heterocycles. The molecule has 0 aromatic rings. The lowest BCUT2D eigenvalue weighted by molar-refractivity contribution is -0.302. The number of aliphatic hydroxyl groups excluding tert-OH is 5. The summed E-state index contributed by atoms with van der Waals surface area (Å²) >= 11 is 0. The zero-order valence-electron chi connectivity index (χ0n) is 36.5. The molecular formula is C50H81NO8. The summed E-state index contributed by atoms with van der Waals surface area (Å²) in [6.45, 7) is 3.57. The highest BCUT2D eigenvalue weighted by molar-refractivity contribution is 5.76. The van der Waals surface area contributed by atoms with Crippen LogP contribution in [0, 0.1) is 0 Å². The van der Waals surface area contributed by atoms with Crippen LogP contribution in [0.3, 0.4) is 0 Å². The molecule has 1 heterocycles. The van der Waals surface area contributed by atoms with E-state index in [1.54, 1.807) is 0 Å². The summed E-state index contributed by atoms with van der Waals surface area (Å²) in [6.07, 6.45) is 50.1. The molecule has 0 aromatic carbocycles. The van der Waals surface area contributed by atoms with Crippen LogP contribution in [0.25, 0.3) is 0 Å². The number of amides is 1. The zero-order chi connectivity index (χ0) is 43.0. The molecule has 0 aliphatic carbocycles. The van der Waals surface area contributed by atoms with Gasteiger partial charge in [0, 0.05) is 6.42 Å². The first-order chi connectivity index (χ1) is 28.8. The number of ether oxygens (including phenoxy) is 2. The second-order valence-corrected chi connectivity index (χ2v) is 15.1. The Bertz CT molecular complexity index is 1280. The summed E-state index contributed by atoms with van der Waals surface area (Å²) in [7, 11) is 0. The second kappa shape index (κ2) is 39.0. The summed E-state index contributed by atoms with van der Waals surface area (Å²) in [5, 5.41) is 53.8. The minimum absolute atomic E-state index is 0.162. The van der Waals surface area contributed by atoms with Gasteiger partial charge >= 0.3 is 0 Å². The number of carbonyl (C=O) groups is 1. The van der Waals surface area contributed by atoms with Gasteiger partial charge in [0.1, 0.15) is 24.4 Å². The van der Waals surface area contributed by atoms with Crippen molar-refractivity contribution in [1.82, 2.24) is 5.32 Å². The van der Waals surface area contributed by atoms with E-state index >= 15 is 0 Å². The molecule has 1 aliphatic rings. The lowest BCUT2D eigenvalue weighted by Gasteiger charge is -2.40. The topological polar surface area (TPSA) is 149 Å². The Morgan fingerprint density at radius 2 is 1.05 bits per heavy atom. The molecule has 6 N–H and O–H groups in total. The first-order valence-corrected chi connectivity index (χ1v) is 22.6. The van der Waals surface area contributed by atoms with Gasteiger partial charge < -0.3 is 40.3 Å². The Morgan fingerprint density at radius 3 is 1.53 bits per heavy atom. The molecule has 59 heavy (non-hydrogen) atoms. The van der Waals surface area contributed by atoms with Crippen LogP contribution in [-0.2, 0) is 14.3 Å². The smallest absolute Gasteiger partial charge is 0.220 e. The Balaban J connectivity index is 2.20. The van der Waals surface area contributed by atoms with Crippen molar-refractivity contribution < 1.29 is 39.8 Å². The van der Waals surface area contributed by atoms with Crippen molar-refractivity contribution in [2.24, 2.45) is 0 Å². The second-order valence-electron chi connectivity index (χ2n) is 15.1. The molecule has 1 amide bonds. The van der Waals surface area contributed by atoms with Crippen molar-refractivity contribution in [2.75, 3.05) is 13.2 Å². The maximum absolute atomic E-state index is 12.8. The average Bonchev–Trinajstić information content (AvgIpc) is 3.23. The minimum Gasteiger partial charge on any atom is -0.394 e. The highest BCUT2D eigenvalue weighted by Crippen LogP contribution is 2.22. The van der Waals surface area contributed by atoms with E-state index in [9.17, 15) is 30.3 Å². The molecule has 1 aliphatic heterocycles. The largest absolute Gasteiger partial charge is 0.394 e. The van der Waals surface area contributed by atoms with Crippen molar-refractivity contribution >= 4 is 5.91 Å². The predicted molar refractivity (Wildman–Crippen MR) is 244 cm³/mol. The summed E-state index contributed by atoms with van der Waals surface area (Å²) in [6, 6.07) is -0.741. The van der Waals surface area contributed by atoms with Crippen LogP contribution in [0.15, 0.2) is 109 Å². The van der Waals surface area contributed by atoms with Crippen LogP contribution in [0.5, 0.6) is 0 Å². The third kappa shape index (κ3) is 29.7. The molecule has 1 fully saturated rings. The lowest BCUT2D eigenvalue weighted by atomic mass is 9.99. The number of rotatable bonds is 35. The Kier molecular flexibility index (Phi) is 35.6. The number of allylic oxidation sites excluding steroid dienone is 18. The van der Waals surface area contributed by atoms with Gasteiger partial charge in [-0.3, -0.25) is 4.79 Å². The maximum atomic E-state index is 12.8. The normalized spacial score (nSPS) is 21.8. The van der Waals surface area contributed by atoms with Crippen molar-refractivity contribution in [3.63, 3.8) is 0 Å². The Morgan fingerprint density at radius 1 is 0.593 bits per heavy atom. The number of hydrogen-bond acceptors (Lipinski definition) is 8. The third-order valence-electron chi connectivity index (χ3n) is 9.89. The molecular weight excluding hydrogens is 743 g/mol. The van der Waals surface area contributed by atoms with Crippen LogP contribution in [0.4, 0.5) is 0 Å². The lowest BCUT2D eigenvalue weighted by Crippen LogP contribution is -2.60. The van der Waals surface area contributed by atoms with Gasteiger partial charge in [0.05, 0.1) is 25.4 Å². The number of hydrogen-bond donors (Lipinski definition) is 6. The molecule has 9 nitrogen and oxygen atoms in total. The molecule has 0 radical (unpaired) electrons. The van der Waals surface area contributed by atoms with E-state index in [0.29, 0.717) is 12.8 Å². The summed E-state index contributed by atoms with van der Waals surface area (Å²) in [4.78, 5) is 12.8. The van der Waals surface area contributed by atoms with E-state index in [1.807, 2.05) is 0 Å². The van der Waals surface area contributed by atoms with E-state index in [2.05, 4.69) is 129 Å². The first kappa shape index (κ1) is 53.9. The van der Waals surface area contributed by atoms with E-state index in [1.165, 1.54) is 0 Å². The van der Waals surface area contributed by atoms with Crippen LogP contribution < -0.4 is 5.32 Å². The molecule has 1 rings (SSSR count). The van der Waals surface area contributed by atoms with Crippen molar-refractivity contribution in [3.05, 3.63) is 109 Å².